The molecule has 1 saturated heterocycles. The quantitative estimate of drug-likeness (QED) is 0.480. The minimum atomic E-state index is -1.00. The first-order valence-electron chi connectivity index (χ1n) is 11.4. The summed E-state index contributed by atoms with van der Waals surface area (Å²) < 4.78 is 1.96. The lowest BCUT2D eigenvalue weighted by atomic mass is 10.0. The van der Waals surface area contributed by atoms with Gasteiger partial charge in [-0.15, -0.1) is 0 Å². The van der Waals surface area contributed by atoms with E-state index in [1.165, 1.54) is 0 Å². The van der Waals surface area contributed by atoms with E-state index in [-0.39, 0.29) is 12.5 Å². The number of anilines is 1. The van der Waals surface area contributed by atoms with Crippen LogP contribution in [0.1, 0.15) is 28.0 Å². The SMILES string of the molecule is Cc1ccc2nccc(N3CC[C@@](O)(CN(C)C(=O)c4cccc(Cn5ccnc5)c4)C3)c2n1. The smallest absolute Gasteiger partial charge is 0.253 e. The van der Waals surface area contributed by atoms with Gasteiger partial charge in [0, 0.05) is 56.5 Å². The number of aromatic nitrogens is 4. The van der Waals surface area contributed by atoms with Crippen LogP contribution >= 0.6 is 0 Å². The number of aryl methyl sites for hydroxylation is 1. The van der Waals surface area contributed by atoms with Crippen LogP contribution in [0.4, 0.5) is 5.69 Å². The Bertz CT molecular complexity index is 1320. The van der Waals surface area contributed by atoms with Gasteiger partial charge in [0.15, 0.2) is 0 Å². The number of likely N-dealkylation sites (N-methyl/N-ethyl adjacent to an activating group) is 1. The van der Waals surface area contributed by atoms with Crippen molar-refractivity contribution < 1.29 is 9.90 Å². The number of carbonyl (C=O) groups excluding carboxylic acids is 1. The fourth-order valence-corrected chi connectivity index (χ4v) is 4.68. The molecule has 1 aliphatic rings. The van der Waals surface area contributed by atoms with Crippen LogP contribution in [0.25, 0.3) is 11.0 Å². The molecule has 1 N–H and O–H groups in total. The highest BCUT2D eigenvalue weighted by Crippen LogP contribution is 2.31. The summed E-state index contributed by atoms with van der Waals surface area (Å²) in [5.41, 5.74) is 4.20. The van der Waals surface area contributed by atoms with E-state index in [4.69, 9.17) is 0 Å². The molecule has 0 radical (unpaired) electrons. The third kappa shape index (κ3) is 4.49. The molecule has 0 spiro atoms. The van der Waals surface area contributed by atoms with Crippen LogP contribution in [0.5, 0.6) is 0 Å². The van der Waals surface area contributed by atoms with Crippen LogP contribution < -0.4 is 4.90 Å². The number of hydrogen-bond donors (Lipinski definition) is 1. The molecule has 0 unspecified atom stereocenters. The molecule has 1 aliphatic heterocycles. The van der Waals surface area contributed by atoms with Crippen molar-refractivity contribution in [2.45, 2.75) is 25.5 Å². The number of imidazole rings is 1. The number of aliphatic hydroxyl groups is 1. The standard InChI is InChI=1S/C26H28N6O2/c1-19-6-7-22-24(29-19)23(8-10-28-22)32-12-9-26(34,17-32)16-30(2)25(33)21-5-3-4-20(14-21)15-31-13-11-27-18-31/h3-8,10-11,13-14,18,34H,9,12,15-17H2,1-2H3/t26-/m1/s1. The Morgan fingerprint density at radius 2 is 2.09 bits per heavy atom. The Kier molecular flexibility index (Phi) is 5.75. The van der Waals surface area contributed by atoms with Crippen LogP contribution in [-0.4, -0.2) is 67.7 Å². The van der Waals surface area contributed by atoms with Gasteiger partial charge in [-0.1, -0.05) is 12.1 Å². The molecule has 1 aromatic carbocycles. The molecule has 1 atom stereocenters. The normalized spacial score (nSPS) is 17.9. The number of carbonyl (C=O) groups is 1. The van der Waals surface area contributed by atoms with Crippen LogP contribution in [0.15, 0.2) is 67.4 Å². The summed E-state index contributed by atoms with van der Waals surface area (Å²) in [6.07, 6.45) is 7.73. The highest BCUT2D eigenvalue weighted by atomic mass is 16.3. The topological polar surface area (TPSA) is 87.4 Å². The molecule has 0 aliphatic carbocycles. The van der Waals surface area contributed by atoms with E-state index in [1.807, 2.05) is 60.2 Å². The number of hydrogen-bond acceptors (Lipinski definition) is 6. The molecule has 174 valence electrons. The Morgan fingerprint density at radius 3 is 2.91 bits per heavy atom. The second-order valence-electron chi connectivity index (χ2n) is 9.14. The van der Waals surface area contributed by atoms with Crippen molar-refractivity contribution in [1.29, 1.82) is 0 Å². The summed E-state index contributed by atoms with van der Waals surface area (Å²) in [5.74, 6) is -0.106. The molecule has 0 bridgehead atoms. The highest BCUT2D eigenvalue weighted by Gasteiger charge is 2.38. The number of amides is 1. The largest absolute Gasteiger partial charge is 0.386 e. The third-order valence-corrected chi connectivity index (χ3v) is 6.35. The second-order valence-corrected chi connectivity index (χ2v) is 9.14. The van der Waals surface area contributed by atoms with E-state index in [0.29, 0.717) is 31.6 Å². The van der Waals surface area contributed by atoms with E-state index >= 15 is 0 Å². The molecular weight excluding hydrogens is 428 g/mol. The van der Waals surface area contributed by atoms with E-state index in [0.717, 1.165) is 28.0 Å². The van der Waals surface area contributed by atoms with Gasteiger partial charge in [0.05, 0.1) is 24.1 Å². The fourth-order valence-electron chi connectivity index (χ4n) is 4.68. The van der Waals surface area contributed by atoms with Crippen molar-refractivity contribution in [3.63, 3.8) is 0 Å². The number of rotatable bonds is 6. The van der Waals surface area contributed by atoms with E-state index in [1.54, 1.807) is 30.7 Å². The summed E-state index contributed by atoms with van der Waals surface area (Å²) in [5, 5.41) is 11.4. The fraction of sp³-hybridized carbons (Fsp3) is 0.308. The van der Waals surface area contributed by atoms with Gasteiger partial charge in [0.25, 0.3) is 5.91 Å². The number of fused-ring (bicyclic) bond motifs is 1. The van der Waals surface area contributed by atoms with E-state index in [2.05, 4.69) is 19.9 Å². The highest BCUT2D eigenvalue weighted by molar-refractivity contribution is 5.94. The molecule has 8 nitrogen and oxygen atoms in total. The van der Waals surface area contributed by atoms with Crippen molar-refractivity contribution in [2.75, 3.05) is 31.6 Å². The molecular formula is C26H28N6O2. The summed E-state index contributed by atoms with van der Waals surface area (Å²) in [4.78, 5) is 30.1. The maximum Gasteiger partial charge on any atom is 0.253 e. The van der Waals surface area contributed by atoms with Crippen molar-refractivity contribution in [3.8, 4) is 0 Å². The summed E-state index contributed by atoms with van der Waals surface area (Å²) in [6.45, 7) is 3.98. The van der Waals surface area contributed by atoms with Crippen molar-refractivity contribution >= 4 is 22.6 Å². The van der Waals surface area contributed by atoms with E-state index < -0.39 is 5.60 Å². The predicted molar refractivity (Wildman–Crippen MR) is 131 cm³/mol. The molecule has 1 fully saturated rings. The first kappa shape index (κ1) is 22.0. The van der Waals surface area contributed by atoms with Gasteiger partial charge in [-0.2, -0.15) is 0 Å². The summed E-state index contributed by atoms with van der Waals surface area (Å²) in [6, 6.07) is 13.5. The molecule has 34 heavy (non-hydrogen) atoms. The predicted octanol–water partition coefficient (Wildman–Crippen LogP) is 2.90. The monoisotopic (exact) mass is 456 g/mol. The number of pyridine rings is 2. The zero-order chi connectivity index (χ0) is 23.7. The number of nitrogens with zero attached hydrogens (tertiary/aromatic N) is 6. The number of benzene rings is 1. The van der Waals surface area contributed by atoms with Crippen LogP contribution in [0.3, 0.4) is 0 Å². The molecule has 4 heterocycles. The minimum Gasteiger partial charge on any atom is -0.386 e. The maximum atomic E-state index is 13.2. The maximum absolute atomic E-state index is 13.2. The molecule has 3 aromatic heterocycles. The van der Waals surface area contributed by atoms with Crippen molar-refractivity contribution in [3.05, 3.63) is 84.2 Å². The van der Waals surface area contributed by atoms with Gasteiger partial charge in [-0.25, -0.2) is 9.97 Å². The summed E-state index contributed by atoms with van der Waals surface area (Å²) in [7, 11) is 1.75. The lowest BCUT2D eigenvalue weighted by Gasteiger charge is -2.29. The zero-order valence-electron chi connectivity index (χ0n) is 19.4. The van der Waals surface area contributed by atoms with Gasteiger partial charge in [-0.05, 0) is 49.2 Å². The molecule has 0 saturated carbocycles. The lowest BCUT2D eigenvalue weighted by molar-refractivity contribution is 0.0264. The first-order valence-corrected chi connectivity index (χ1v) is 11.4. The molecule has 4 aromatic rings. The Labute approximate surface area is 198 Å². The average molecular weight is 457 g/mol. The van der Waals surface area contributed by atoms with Crippen molar-refractivity contribution in [1.82, 2.24) is 24.4 Å². The lowest BCUT2D eigenvalue weighted by Crippen LogP contribution is -2.45. The van der Waals surface area contributed by atoms with Crippen LogP contribution in [0.2, 0.25) is 0 Å². The molecule has 1 amide bonds. The van der Waals surface area contributed by atoms with Gasteiger partial charge in [-0.3, -0.25) is 9.78 Å². The zero-order valence-corrected chi connectivity index (χ0v) is 19.4. The third-order valence-electron chi connectivity index (χ3n) is 6.35. The summed E-state index contributed by atoms with van der Waals surface area (Å²) >= 11 is 0. The van der Waals surface area contributed by atoms with E-state index in [9.17, 15) is 9.90 Å². The van der Waals surface area contributed by atoms with Crippen LogP contribution in [0, 0.1) is 6.92 Å². The van der Waals surface area contributed by atoms with Crippen molar-refractivity contribution in [2.24, 2.45) is 0 Å². The van der Waals surface area contributed by atoms with Gasteiger partial charge in [0.2, 0.25) is 0 Å². The van der Waals surface area contributed by atoms with Gasteiger partial charge < -0.3 is 19.5 Å². The molecule has 5 rings (SSSR count). The second kappa shape index (κ2) is 8.87. The van der Waals surface area contributed by atoms with Crippen LogP contribution in [-0.2, 0) is 6.54 Å². The Hall–Kier alpha value is -3.78. The average Bonchev–Trinajstić information content (AvgIpc) is 3.48. The minimum absolute atomic E-state index is 0.106. The Morgan fingerprint density at radius 1 is 1.21 bits per heavy atom. The van der Waals surface area contributed by atoms with Gasteiger partial charge >= 0.3 is 0 Å². The Balaban J connectivity index is 1.29. The molecule has 8 heteroatoms. The number of β-amino-alcohol motifs (C(OH)–C–C–N with tert-alkyl or cyclic N) is 1. The van der Waals surface area contributed by atoms with Gasteiger partial charge in [0.1, 0.15) is 11.1 Å². The first-order chi connectivity index (χ1) is 16.4.